The van der Waals surface area contributed by atoms with Crippen molar-refractivity contribution in [1.29, 1.82) is 0 Å². The fourth-order valence-electron chi connectivity index (χ4n) is 4.39. The van der Waals surface area contributed by atoms with Gasteiger partial charge in [-0.1, -0.05) is 18.2 Å². The number of nitrogens with one attached hydrogen (secondary N) is 1. The summed E-state index contributed by atoms with van der Waals surface area (Å²) >= 11 is 0. The van der Waals surface area contributed by atoms with Gasteiger partial charge in [-0.05, 0) is 30.0 Å². The number of piperidine rings is 1. The Labute approximate surface area is 170 Å². The molecule has 154 valence electrons. The lowest BCUT2D eigenvalue weighted by Gasteiger charge is -2.29. The summed E-state index contributed by atoms with van der Waals surface area (Å²) in [5.41, 5.74) is 3.33. The number of furan rings is 1. The summed E-state index contributed by atoms with van der Waals surface area (Å²) in [6.45, 7) is 1.05. The topological polar surface area (TPSA) is 120 Å². The van der Waals surface area contributed by atoms with Crippen LogP contribution in [0.4, 0.5) is 4.79 Å². The molecule has 0 radical (unpaired) electrons. The number of carboxylic acid groups (broad SMARTS) is 1. The molecule has 1 aromatic carbocycles. The molecule has 30 heavy (non-hydrogen) atoms. The molecular formula is C21H19N3O6. The van der Waals surface area contributed by atoms with Crippen LogP contribution in [0.1, 0.15) is 40.9 Å². The number of carbonyl (C=O) groups excluding carboxylic acids is 3. The van der Waals surface area contributed by atoms with Gasteiger partial charge >= 0.3 is 6.09 Å². The Morgan fingerprint density at radius 2 is 2.03 bits per heavy atom. The van der Waals surface area contributed by atoms with Gasteiger partial charge in [0.15, 0.2) is 5.76 Å². The number of hydrogen-bond donors (Lipinski definition) is 2. The molecule has 5 rings (SSSR count). The largest absolute Gasteiger partial charge is 0.465 e. The standard InChI is InChI=1S/C21H19N3O6/c25-17-4-3-15(19(26)22-17)24-10-14-13-2-1-12(9-16(13)30-18(14)20(24)27)11-5-7-23(8-6-11)21(28)29/h1-2,5,9,15H,3-4,6-8,10H2,(H,28,29)(H,22,25,26). The number of carbonyl (C=O) groups is 4. The van der Waals surface area contributed by atoms with Gasteiger partial charge in [0.05, 0.1) is 6.54 Å². The molecule has 0 bridgehead atoms. The predicted molar refractivity (Wildman–Crippen MR) is 104 cm³/mol. The van der Waals surface area contributed by atoms with Crippen molar-refractivity contribution in [2.45, 2.75) is 31.8 Å². The molecule has 0 aliphatic carbocycles. The van der Waals surface area contributed by atoms with Gasteiger partial charge in [0.2, 0.25) is 11.8 Å². The molecule has 1 saturated heterocycles. The lowest BCUT2D eigenvalue weighted by atomic mass is 9.98. The first-order chi connectivity index (χ1) is 14.4. The SMILES string of the molecule is O=C1CCC(N2Cc3c(oc4cc(C5=CCN(C(=O)O)CC5)ccc34)C2=O)C(=O)N1. The van der Waals surface area contributed by atoms with Gasteiger partial charge in [-0.3, -0.25) is 19.7 Å². The highest BCUT2D eigenvalue weighted by Gasteiger charge is 2.42. The second-order valence-electron chi connectivity index (χ2n) is 7.73. The molecule has 1 fully saturated rings. The fourth-order valence-corrected chi connectivity index (χ4v) is 4.39. The van der Waals surface area contributed by atoms with Crippen molar-refractivity contribution >= 4 is 40.4 Å². The average molecular weight is 409 g/mol. The molecule has 1 aromatic heterocycles. The first kappa shape index (κ1) is 18.4. The molecule has 2 N–H and O–H groups in total. The van der Waals surface area contributed by atoms with E-state index in [2.05, 4.69) is 5.32 Å². The van der Waals surface area contributed by atoms with Crippen LogP contribution in [0, 0.1) is 0 Å². The molecule has 0 saturated carbocycles. The molecule has 2 aromatic rings. The zero-order chi connectivity index (χ0) is 21.0. The molecule has 9 nitrogen and oxygen atoms in total. The maximum atomic E-state index is 12.9. The van der Waals surface area contributed by atoms with Gasteiger partial charge in [0.1, 0.15) is 11.6 Å². The summed E-state index contributed by atoms with van der Waals surface area (Å²) in [7, 11) is 0. The minimum Gasteiger partial charge on any atom is -0.465 e. The number of rotatable bonds is 2. The highest BCUT2D eigenvalue weighted by atomic mass is 16.4. The van der Waals surface area contributed by atoms with Crippen molar-refractivity contribution < 1.29 is 28.7 Å². The number of amides is 4. The maximum Gasteiger partial charge on any atom is 0.407 e. The number of benzene rings is 1. The third-order valence-corrected chi connectivity index (χ3v) is 6.01. The van der Waals surface area contributed by atoms with Crippen molar-refractivity contribution in [3.8, 4) is 0 Å². The summed E-state index contributed by atoms with van der Waals surface area (Å²) in [6, 6.07) is 5.05. The van der Waals surface area contributed by atoms with E-state index < -0.39 is 18.0 Å². The maximum absolute atomic E-state index is 12.9. The summed E-state index contributed by atoms with van der Waals surface area (Å²) < 4.78 is 5.87. The zero-order valence-corrected chi connectivity index (χ0v) is 16.0. The van der Waals surface area contributed by atoms with E-state index in [1.165, 1.54) is 9.80 Å². The van der Waals surface area contributed by atoms with Crippen molar-refractivity contribution in [1.82, 2.24) is 15.1 Å². The van der Waals surface area contributed by atoms with E-state index in [0.717, 1.165) is 22.1 Å². The Morgan fingerprint density at radius 3 is 2.73 bits per heavy atom. The van der Waals surface area contributed by atoms with Crippen LogP contribution in [0.2, 0.25) is 0 Å². The molecule has 3 aliphatic heterocycles. The van der Waals surface area contributed by atoms with Crippen LogP contribution in [-0.4, -0.2) is 57.9 Å². The Bertz CT molecular complexity index is 1150. The van der Waals surface area contributed by atoms with Crippen LogP contribution < -0.4 is 5.32 Å². The summed E-state index contributed by atoms with van der Waals surface area (Å²) in [6.07, 6.45) is 2.10. The molecule has 0 spiro atoms. The number of nitrogens with zero attached hydrogens (tertiary/aromatic N) is 2. The Morgan fingerprint density at radius 1 is 1.20 bits per heavy atom. The monoisotopic (exact) mass is 409 g/mol. The van der Waals surface area contributed by atoms with Crippen LogP contribution in [0.25, 0.3) is 16.5 Å². The first-order valence-corrected chi connectivity index (χ1v) is 9.79. The summed E-state index contributed by atoms with van der Waals surface area (Å²) in [5.74, 6) is -0.871. The number of hydrogen-bond acceptors (Lipinski definition) is 5. The van der Waals surface area contributed by atoms with Gasteiger partial charge in [0, 0.05) is 30.5 Å². The van der Waals surface area contributed by atoms with Gasteiger partial charge in [-0.15, -0.1) is 0 Å². The first-order valence-electron chi connectivity index (χ1n) is 9.79. The van der Waals surface area contributed by atoms with Crippen LogP contribution in [0.3, 0.4) is 0 Å². The van der Waals surface area contributed by atoms with Crippen molar-refractivity contribution in [2.24, 2.45) is 0 Å². The molecule has 1 unspecified atom stereocenters. The van der Waals surface area contributed by atoms with Gasteiger partial charge in [0.25, 0.3) is 5.91 Å². The minimum absolute atomic E-state index is 0.208. The predicted octanol–water partition coefficient (Wildman–Crippen LogP) is 1.96. The second-order valence-corrected chi connectivity index (χ2v) is 7.73. The Balaban J connectivity index is 1.41. The van der Waals surface area contributed by atoms with Crippen LogP contribution in [-0.2, 0) is 16.1 Å². The second kappa shape index (κ2) is 6.72. The number of fused-ring (bicyclic) bond motifs is 3. The molecule has 4 heterocycles. The van der Waals surface area contributed by atoms with Gasteiger partial charge < -0.3 is 19.3 Å². The van der Waals surface area contributed by atoms with Crippen molar-refractivity contribution in [2.75, 3.05) is 13.1 Å². The molecule has 3 aliphatic rings. The smallest absolute Gasteiger partial charge is 0.407 e. The van der Waals surface area contributed by atoms with E-state index in [-0.39, 0.29) is 30.5 Å². The van der Waals surface area contributed by atoms with Gasteiger partial charge in [-0.25, -0.2) is 4.79 Å². The van der Waals surface area contributed by atoms with Crippen LogP contribution in [0.5, 0.6) is 0 Å². The molecule has 9 heteroatoms. The summed E-state index contributed by atoms with van der Waals surface area (Å²) in [5, 5.41) is 12.2. The average Bonchev–Trinajstić information content (AvgIpc) is 3.24. The molecule has 1 atom stereocenters. The molecule has 4 amide bonds. The van der Waals surface area contributed by atoms with E-state index in [9.17, 15) is 19.2 Å². The lowest BCUT2D eigenvalue weighted by molar-refractivity contribution is -0.136. The lowest BCUT2D eigenvalue weighted by Crippen LogP contribution is -2.52. The zero-order valence-electron chi connectivity index (χ0n) is 16.0. The van der Waals surface area contributed by atoms with E-state index in [4.69, 9.17) is 9.52 Å². The quantitative estimate of drug-likeness (QED) is 0.732. The van der Waals surface area contributed by atoms with E-state index >= 15 is 0 Å². The van der Waals surface area contributed by atoms with E-state index in [0.29, 0.717) is 31.5 Å². The van der Waals surface area contributed by atoms with Crippen LogP contribution >= 0.6 is 0 Å². The van der Waals surface area contributed by atoms with E-state index in [1.54, 1.807) is 0 Å². The van der Waals surface area contributed by atoms with Crippen molar-refractivity contribution in [3.63, 3.8) is 0 Å². The Hall–Kier alpha value is -3.62. The van der Waals surface area contributed by atoms with Gasteiger partial charge in [-0.2, -0.15) is 0 Å². The minimum atomic E-state index is -0.928. The number of imide groups is 1. The molecular weight excluding hydrogens is 390 g/mol. The van der Waals surface area contributed by atoms with E-state index in [1.807, 2.05) is 24.3 Å². The summed E-state index contributed by atoms with van der Waals surface area (Å²) in [4.78, 5) is 50.3. The highest BCUT2D eigenvalue weighted by Crippen LogP contribution is 2.37. The fraction of sp³-hybridized carbons (Fsp3) is 0.333. The van der Waals surface area contributed by atoms with Crippen LogP contribution in [0.15, 0.2) is 28.7 Å². The third-order valence-electron chi connectivity index (χ3n) is 6.01. The third kappa shape index (κ3) is 2.85. The Kier molecular flexibility index (Phi) is 4.12. The normalized spacial score (nSPS) is 21.7. The highest BCUT2D eigenvalue weighted by molar-refractivity contribution is 6.07. The van der Waals surface area contributed by atoms with Crippen molar-refractivity contribution in [3.05, 3.63) is 41.2 Å².